The topological polar surface area (TPSA) is 51.2 Å². The number of hydrogen-bond donors (Lipinski definition) is 1. The molecule has 0 aliphatic rings. The number of anilines is 1. The number of ether oxygens (including phenoxy) is 1. The standard InChI is InChI=1S/C14H13F3N2O2S/c1-8-11(12(18-2)22-19-8)13(20)21-7-9-4-3-5-10(6-9)14(15,16)17/h3-6,18H,7H2,1-2H3. The number of esters is 1. The van der Waals surface area contributed by atoms with Gasteiger partial charge in [0, 0.05) is 7.05 Å². The second-order valence-corrected chi connectivity index (χ2v) is 5.27. The largest absolute Gasteiger partial charge is 0.457 e. The van der Waals surface area contributed by atoms with Crippen molar-refractivity contribution in [3.05, 3.63) is 46.6 Å². The van der Waals surface area contributed by atoms with Crippen molar-refractivity contribution in [1.82, 2.24) is 4.37 Å². The van der Waals surface area contributed by atoms with E-state index in [0.717, 1.165) is 23.7 Å². The lowest BCUT2D eigenvalue weighted by Gasteiger charge is -2.09. The van der Waals surface area contributed by atoms with Gasteiger partial charge < -0.3 is 10.1 Å². The average molecular weight is 330 g/mol. The molecule has 0 saturated heterocycles. The van der Waals surface area contributed by atoms with Gasteiger partial charge in [-0.25, -0.2) is 4.79 Å². The molecule has 8 heteroatoms. The molecule has 0 fully saturated rings. The van der Waals surface area contributed by atoms with Crippen molar-refractivity contribution in [2.24, 2.45) is 0 Å². The number of benzene rings is 1. The molecule has 22 heavy (non-hydrogen) atoms. The van der Waals surface area contributed by atoms with Gasteiger partial charge in [0.25, 0.3) is 0 Å². The molecule has 0 bridgehead atoms. The van der Waals surface area contributed by atoms with Crippen molar-refractivity contribution in [2.45, 2.75) is 19.7 Å². The number of aryl methyl sites for hydroxylation is 1. The molecule has 2 rings (SSSR count). The van der Waals surface area contributed by atoms with E-state index in [-0.39, 0.29) is 12.2 Å². The van der Waals surface area contributed by atoms with E-state index in [1.54, 1.807) is 14.0 Å². The quantitative estimate of drug-likeness (QED) is 0.865. The van der Waals surface area contributed by atoms with Crippen LogP contribution in [0.3, 0.4) is 0 Å². The van der Waals surface area contributed by atoms with E-state index in [1.165, 1.54) is 12.1 Å². The lowest BCUT2D eigenvalue weighted by molar-refractivity contribution is -0.137. The third-order valence-corrected chi connectivity index (χ3v) is 3.87. The van der Waals surface area contributed by atoms with Crippen molar-refractivity contribution in [3.8, 4) is 0 Å². The van der Waals surface area contributed by atoms with Crippen LogP contribution in [0.25, 0.3) is 0 Å². The van der Waals surface area contributed by atoms with Gasteiger partial charge in [0.1, 0.15) is 17.2 Å². The summed E-state index contributed by atoms with van der Waals surface area (Å²) in [4.78, 5) is 12.0. The summed E-state index contributed by atoms with van der Waals surface area (Å²) >= 11 is 1.12. The highest BCUT2D eigenvalue weighted by Crippen LogP contribution is 2.30. The Hall–Kier alpha value is -2.09. The molecule has 1 aromatic heterocycles. The second kappa shape index (κ2) is 6.35. The van der Waals surface area contributed by atoms with Gasteiger partial charge in [-0.1, -0.05) is 12.1 Å². The maximum atomic E-state index is 12.6. The van der Waals surface area contributed by atoms with Crippen molar-refractivity contribution in [3.63, 3.8) is 0 Å². The summed E-state index contributed by atoms with van der Waals surface area (Å²) in [5.41, 5.74) is 0.322. The summed E-state index contributed by atoms with van der Waals surface area (Å²) in [6.07, 6.45) is -4.42. The fourth-order valence-electron chi connectivity index (χ4n) is 1.84. The Bertz CT molecular complexity index is 683. The van der Waals surface area contributed by atoms with Gasteiger partial charge in [0.15, 0.2) is 0 Å². The van der Waals surface area contributed by atoms with Crippen molar-refractivity contribution < 1.29 is 22.7 Å². The lowest BCUT2D eigenvalue weighted by Crippen LogP contribution is -2.09. The fourth-order valence-corrected chi connectivity index (χ4v) is 2.57. The van der Waals surface area contributed by atoms with E-state index < -0.39 is 17.7 Å². The number of halogens is 3. The second-order valence-electron chi connectivity index (χ2n) is 4.50. The molecular formula is C14H13F3N2O2S. The van der Waals surface area contributed by atoms with Gasteiger partial charge in [-0.15, -0.1) is 0 Å². The monoisotopic (exact) mass is 330 g/mol. The summed E-state index contributed by atoms with van der Waals surface area (Å²) < 4.78 is 47.0. The first kappa shape index (κ1) is 16.3. The third kappa shape index (κ3) is 3.56. The number of hydrogen-bond acceptors (Lipinski definition) is 5. The van der Waals surface area contributed by atoms with Crippen LogP contribution in [-0.2, 0) is 17.5 Å². The van der Waals surface area contributed by atoms with E-state index in [2.05, 4.69) is 9.69 Å². The lowest BCUT2D eigenvalue weighted by atomic mass is 10.1. The van der Waals surface area contributed by atoms with E-state index >= 15 is 0 Å². The van der Waals surface area contributed by atoms with Crippen LogP contribution in [0.2, 0.25) is 0 Å². The molecular weight excluding hydrogens is 317 g/mol. The molecule has 1 aromatic carbocycles. The van der Waals surface area contributed by atoms with Crippen LogP contribution in [0.4, 0.5) is 18.2 Å². The maximum Gasteiger partial charge on any atom is 0.416 e. The number of rotatable bonds is 4. The van der Waals surface area contributed by atoms with Crippen molar-refractivity contribution in [1.29, 1.82) is 0 Å². The van der Waals surface area contributed by atoms with Crippen LogP contribution in [-0.4, -0.2) is 17.4 Å². The van der Waals surface area contributed by atoms with Gasteiger partial charge >= 0.3 is 12.1 Å². The summed E-state index contributed by atoms with van der Waals surface area (Å²) in [5, 5.41) is 3.39. The zero-order valence-electron chi connectivity index (χ0n) is 11.8. The molecule has 0 atom stereocenters. The van der Waals surface area contributed by atoms with Crippen molar-refractivity contribution >= 4 is 22.5 Å². The first-order valence-electron chi connectivity index (χ1n) is 6.30. The summed E-state index contributed by atoms with van der Waals surface area (Å²) in [5.74, 6) is -0.618. The van der Waals surface area contributed by atoms with E-state index in [1.807, 2.05) is 0 Å². The van der Waals surface area contributed by atoms with Gasteiger partial charge in [-0.2, -0.15) is 17.5 Å². The molecule has 2 aromatic rings. The Balaban J connectivity index is 2.10. The number of nitrogens with zero attached hydrogens (tertiary/aromatic N) is 1. The van der Waals surface area contributed by atoms with Crippen LogP contribution in [0.1, 0.15) is 27.2 Å². The van der Waals surface area contributed by atoms with Crippen LogP contribution in [0.15, 0.2) is 24.3 Å². The first-order valence-corrected chi connectivity index (χ1v) is 7.07. The highest BCUT2D eigenvalue weighted by molar-refractivity contribution is 7.10. The molecule has 118 valence electrons. The molecule has 1 heterocycles. The minimum atomic E-state index is -4.42. The third-order valence-electron chi connectivity index (χ3n) is 2.92. The maximum absolute atomic E-state index is 12.6. The Morgan fingerprint density at radius 2 is 2.14 bits per heavy atom. The zero-order valence-corrected chi connectivity index (χ0v) is 12.6. The molecule has 0 aliphatic carbocycles. The van der Waals surface area contributed by atoms with Gasteiger partial charge in [0.2, 0.25) is 0 Å². The molecule has 0 radical (unpaired) electrons. The molecule has 0 amide bonds. The Morgan fingerprint density at radius 1 is 1.41 bits per heavy atom. The van der Waals surface area contributed by atoms with Crippen molar-refractivity contribution in [2.75, 3.05) is 12.4 Å². The number of nitrogens with one attached hydrogen (secondary N) is 1. The SMILES string of the molecule is CNc1snc(C)c1C(=O)OCc1cccc(C(F)(F)F)c1. The van der Waals surface area contributed by atoms with Gasteiger partial charge in [-0.05, 0) is 36.2 Å². The van der Waals surface area contributed by atoms with E-state index in [0.29, 0.717) is 16.3 Å². The van der Waals surface area contributed by atoms with E-state index in [9.17, 15) is 18.0 Å². The average Bonchev–Trinajstić information content (AvgIpc) is 2.85. The summed E-state index contributed by atoms with van der Waals surface area (Å²) in [6.45, 7) is 1.43. The van der Waals surface area contributed by atoms with Crippen LogP contribution >= 0.6 is 11.5 Å². The minimum absolute atomic E-state index is 0.235. The minimum Gasteiger partial charge on any atom is -0.457 e. The Kier molecular flexibility index (Phi) is 4.70. The van der Waals surface area contributed by atoms with Gasteiger partial charge in [0.05, 0.1) is 11.3 Å². The molecule has 0 unspecified atom stereocenters. The molecule has 0 aliphatic heterocycles. The normalized spacial score (nSPS) is 11.3. The predicted molar refractivity (Wildman–Crippen MR) is 77.0 cm³/mol. The number of aromatic nitrogens is 1. The van der Waals surface area contributed by atoms with Crippen LogP contribution < -0.4 is 5.32 Å². The number of alkyl halides is 3. The number of carbonyl (C=O) groups excluding carboxylic acids is 1. The zero-order chi connectivity index (χ0) is 16.3. The highest BCUT2D eigenvalue weighted by atomic mass is 32.1. The van der Waals surface area contributed by atoms with E-state index in [4.69, 9.17) is 4.74 Å². The molecule has 0 spiro atoms. The fraction of sp³-hybridized carbons (Fsp3) is 0.286. The van der Waals surface area contributed by atoms with Gasteiger partial charge in [-0.3, -0.25) is 0 Å². The first-order chi connectivity index (χ1) is 10.3. The number of carbonyl (C=O) groups is 1. The molecule has 1 N–H and O–H groups in total. The van der Waals surface area contributed by atoms with Crippen LogP contribution in [0.5, 0.6) is 0 Å². The summed E-state index contributed by atoms with van der Waals surface area (Å²) in [7, 11) is 1.65. The Morgan fingerprint density at radius 3 is 2.77 bits per heavy atom. The highest BCUT2D eigenvalue weighted by Gasteiger charge is 2.30. The predicted octanol–water partition coefficient (Wildman–Crippen LogP) is 3.87. The molecule has 0 saturated carbocycles. The smallest absolute Gasteiger partial charge is 0.416 e. The van der Waals surface area contributed by atoms with Crippen LogP contribution in [0, 0.1) is 6.92 Å². The Labute approximate surface area is 129 Å². The summed E-state index contributed by atoms with van der Waals surface area (Å²) in [6, 6.07) is 4.69. The molecule has 4 nitrogen and oxygen atoms in total.